The number of nitrogens with one attached hydrogen (secondary N) is 1. The Morgan fingerprint density at radius 3 is 2.97 bits per heavy atom. The molecule has 3 unspecified atom stereocenters. The summed E-state index contributed by atoms with van der Waals surface area (Å²) in [6.07, 6.45) is 3.19. The third-order valence-corrected chi connectivity index (χ3v) is 5.31. The lowest BCUT2D eigenvalue weighted by Gasteiger charge is -2.28. The molecular formula is C19H20ClN5O4. The summed E-state index contributed by atoms with van der Waals surface area (Å²) in [6, 6.07) is 7.30. The van der Waals surface area contributed by atoms with Gasteiger partial charge in [0, 0.05) is 12.7 Å². The number of hydrogen-bond donors (Lipinski definition) is 2. The smallest absolute Gasteiger partial charge is 0.368 e. The Kier molecular flexibility index (Phi) is 5.22. The van der Waals surface area contributed by atoms with Gasteiger partial charge in [0.15, 0.2) is 11.4 Å². The van der Waals surface area contributed by atoms with Gasteiger partial charge in [-0.15, -0.1) is 0 Å². The molecule has 0 spiro atoms. The topological polar surface area (TPSA) is 108 Å². The number of aliphatic hydroxyl groups is 1. The molecule has 29 heavy (non-hydrogen) atoms. The molecule has 0 saturated carbocycles. The number of carbonyl (C=O) groups excluding carboxylic acids is 1. The standard InChI is InChI=1S/C19H19N5O4.ClH/c1-11(9-25)24-13-6-3-2-5-12(13)23-10-20-15(16(23)19(24)26)17-21-18(28-22-17)14-7-4-8-27-14;/h2-3,5-6,10-11,14,25H,4,7-9H2,1H3;1H. The monoisotopic (exact) mass is 417 g/mol. The van der Waals surface area contributed by atoms with Gasteiger partial charge in [-0.2, -0.15) is 4.98 Å². The van der Waals surface area contributed by atoms with Crippen LogP contribution in [0.25, 0.3) is 17.2 Å². The highest BCUT2D eigenvalue weighted by atomic mass is 35.5. The molecule has 3 aromatic rings. The van der Waals surface area contributed by atoms with Crippen LogP contribution in [0, 0.1) is 0 Å². The van der Waals surface area contributed by atoms with Crippen LogP contribution < -0.4 is 17.3 Å². The summed E-state index contributed by atoms with van der Waals surface area (Å²) >= 11 is 0. The Bertz CT molecular complexity index is 1040. The van der Waals surface area contributed by atoms with Gasteiger partial charge in [-0.05, 0) is 25.8 Å². The number of rotatable bonds is 4. The van der Waals surface area contributed by atoms with Crippen molar-refractivity contribution in [2.24, 2.45) is 0 Å². The number of halogens is 1. The van der Waals surface area contributed by atoms with E-state index in [1.165, 1.54) is 0 Å². The van der Waals surface area contributed by atoms with Crippen LogP contribution in [0.4, 0.5) is 5.69 Å². The highest BCUT2D eigenvalue weighted by Crippen LogP contribution is 2.31. The fourth-order valence-electron chi connectivity index (χ4n) is 3.89. The second kappa shape index (κ2) is 7.68. The fraction of sp³-hybridized carbons (Fsp3) is 0.368. The molecule has 2 aliphatic heterocycles. The van der Waals surface area contributed by atoms with Crippen LogP contribution in [-0.4, -0.2) is 50.0 Å². The summed E-state index contributed by atoms with van der Waals surface area (Å²) in [6.45, 7) is 2.39. The highest BCUT2D eigenvalue weighted by molar-refractivity contribution is 5.96. The van der Waals surface area contributed by atoms with Crippen LogP contribution in [0.2, 0.25) is 0 Å². The second-order valence-corrected chi connectivity index (χ2v) is 7.11. The third kappa shape index (κ3) is 3.06. The summed E-state index contributed by atoms with van der Waals surface area (Å²) in [5.74, 6) is 0.491. The Balaban J connectivity index is 0.00000205. The number of quaternary nitrogens is 1. The molecule has 152 valence electrons. The Hall–Kier alpha value is -2.59. The number of benzene rings is 1. The minimum atomic E-state index is -0.308. The maximum atomic E-state index is 13.4. The molecule has 5 rings (SSSR count). The van der Waals surface area contributed by atoms with Crippen molar-refractivity contribution in [2.75, 3.05) is 13.2 Å². The van der Waals surface area contributed by atoms with Crippen LogP contribution in [0.1, 0.15) is 42.2 Å². The molecule has 0 aliphatic carbocycles. The van der Waals surface area contributed by atoms with Crippen molar-refractivity contribution in [3.8, 4) is 17.2 Å². The molecule has 2 N–H and O–H groups in total. The minimum absolute atomic E-state index is 0. The van der Waals surface area contributed by atoms with E-state index in [0.717, 1.165) is 24.2 Å². The third-order valence-electron chi connectivity index (χ3n) is 5.31. The van der Waals surface area contributed by atoms with Gasteiger partial charge >= 0.3 is 5.91 Å². The maximum absolute atomic E-state index is 13.4. The number of aliphatic hydroxyl groups excluding tert-OH is 1. The van der Waals surface area contributed by atoms with E-state index in [2.05, 4.69) is 15.1 Å². The van der Waals surface area contributed by atoms with Gasteiger partial charge in [-0.3, -0.25) is 4.57 Å². The van der Waals surface area contributed by atoms with Crippen LogP contribution in [0.3, 0.4) is 0 Å². The SMILES string of the molecule is CC(CO)[NH+]1C(=O)c2c(-c3noc(C4CCCO4)n3)ncn2-c2ccccc21.[Cl-]. The van der Waals surface area contributed by atoms with Gasteiger partial charge in [-0.25, -0.2) is 14.7 Å². The lowest BCUT2D eigenvalue weighted by molar-refractivity contribution is -0.772. The minimum Gasteiger partial charge on any atom is -1.00 e. The number of para-hydroxylation sites is 2. The van der Waals surface area contributed by atoms with Crippen molar-refractivity contribution >= 4 is 11.6 Å². The van der Waals surface area contributed by atoms with Crippen LogP contribution in [-0.2, 0) is 4.74 Å². The molecule has 1 fully saturated rings. The molecule has 1 amide bonds. The molecule has 2 aromatic heterocycles. The molecule has 9 nitrogen and oxygen atoms in total. The van der Waals surface area contributed by atoms with E-state index in [9.17, 15) is 9.90 Å². The number of aromatic nitrogens is 4. The molecule has 1 aromatic carbocycles. The quantitative estimate of drug-likeness (QED) is 0.497. The van der Waals surface area contributed by atoms with E-state index in [1.54, 1.807) is 10.9 Å². The van der Waals surface area contributed by atoms with Crippen LogP contribution in [0.5, 0.6) is 0 Å². The average Bonchev–Trinajstić information content (AvgIpc) is 3.47. The van der Waals surface area contributed by atoms with Crippen molar-refractivity contribution in [3.05, 3.63) is 42.2 Å². The summed E-state index contributed by atoms with van der Waals surface area (Å²) < 4.78 is 12.7. The number of nitrogens with zero attached hydrogens (tertiary/aromatic N) is 4. The van der Waals surface area contributed by atoms with Gasteiger partial charge in [0.2, 0.25) is 5.82 Å². The number of ether oxygens (including phenoxy) is 1. The zero-order valence-corrected chi connectivity index (χ0v) is 16.5. The molecule has 3 atom stereocenters. The summed E-state index contributed by atoms with van der Waals surface area (Å²) in [5, 5.41) is 13.7. The lowest BCUT2D eigenvalue weighted by atomic mass is 10.1. The predicted molar refractivity (Wildman–Crippen MR) is 96.3 cm³/mol. The van der Waals surface area contributed by atoms with E-state index in [0.29, 0.717) is 28.8 Å². The lowest BCUT2D eigenvalue weighted by Crippen LogP contribution is -3.14. The van der Waals surface area contributed by atoms with E-state index < -0.39 is 0 Å². The van der Waals surface area contributed by atoms with E-state index >= 15 is 0 Å². The number of imidazole rings is 1. The fourth-order valence-corrected chi connectivity index (χ4v) is 3.89. The van der Waals surface area contributed by atoms with Crippen molar-refractivity contribution < 1.29 is 36.5 Å². The van der Waals surface area contributed by atoms with Crippen molar-refractivity contribution in [2.45, 2.75) is 31.9 Å². The first kappa shape index (κ1) is 19.7. The molecular weight excluding hydrogens is 398 g/mol. The first-order valence-electron chi connectivity index (χ1n) is 9.34. The first-order valence-corrected chi connectivity index (χ1v) is 9.34. The summed E-state index contributed by atoms with van der Waals surface area (Å²) in [7, 11) is 0. The Morgan fingerprint density at radius 2 is 2.21 bits per heavy atom. The highest BCUT2D eigenvalue weighted by Gasteiger charge is 2.41. The van der Waals surface area contributed by atoms with Gasteiger partial charge in [-0.1, -0.05) is 17.3 Å². The van der Waals surface area contributed by atoms with Crippen molar-refractivity contribution in [3.63, 3.8) is 0 Å². The average molecular weight is 418 g/mol. The van der Waals surface area contributed by atoms with Crippen molar-refractivity contribution in [1.29, 1.82) is 0 Å². The Labute approximate surface area is 172 Å². The molecule has 1 saturated heterocycles. The Morgan fingerprint density at radius 1 is 1.38 bits per heavy atom. The predicted octanol–water partition coefficient (Wildman–Crippen LogP) is -2.17. The van der Waals surface area contributed by atoms with Gasteiger partial charge in [0.1, 0.15) is 29.9 Å². The molecule has 0 radical (unpaired) electrons. The number of hydrogen-bond acceptors (Lipinski definition) is 7. The summed E-state index contributed by atoms with van der Waals surface area (Å²) in [4.78, 5) is 22.8. The first-order chi connectivity index (χ1) is 13.7. The molecule has 0 bridgehead atoms. The maximum Gasteiger partial charge on any atom is 0.368 e. The summed E-state index contributed by atoms with van der Waals surface area (Å²) in [5.41, 5.74) is 2.40. The van der Waals surface area contributed by atoms with E-state index in [4.69, 9.17) is 9.26 Å². The van der Waals surface area contributed by atoms with E-state index in [-0.39, 0.29) is 42.9 Å². The zero-order valence-electron chi connectivity index (χ0n) is 15.7. The second-order valence-electron chi connectivity index (χ2n) is 7.11. The van der Waals surface area contributed by atoms with Gasteiger partial charge in [0.25, 0.3) is 5.89 Å². The van der Waals surface area contributed by atoms with Crippen molar-refractivity contribution in [1.82, 2.24) is 19.7 Å². The van der Waals surface area contributed by atoms with Gasteiger partial charge in [0.05, 0.1) is 6.61 Å². The zero-order chi connectivity index (χ0) is 19.3. The van der Waals surface area contributed by atoms with E-state index in [1.807, 2.05) is 31.2 Å². The largest absolute Gasteiger partial charge is 1.00 e. The number of carbonyl (C=O) groups is 1. The number of amides is 1. The normalized spacial score (nSPS) is 21.4. The van der Waals surface area contributed by atoms with Crippen LogP contribution >= 0.6 is 0 Å². The molecule has 2 aliphatic rings. The number of fused-ring (bicyclic) bond motifs is 3. The molecule has 4 heterocycles. The van der Waals surface area contributed by atoms with Crippen LogP contribution in [0.15, 0.2) is 35.1 Å². The van der Waals surface area contributed by atoms with Gasteiger partial charge < -0.3 is 26.8 Å². The molecule has 10 heteroatoms.